The van der Waals surface area contributed by atoms with Crippen molar-refractivity contribution in [3.8, 4) is 0 Å². The van der Waals surface area contributed by atoms with E-state index in [1.807, 2.05) is 4.90 Å². The van der Waals surface area contributed by atoms with Crippen LogP contribution in [0.3, 0.4) is 0 Å². The number of nitrogens with zero attached hydrogens (tertiary/aromatic N) is 1. The van der Waals surface area contributed by atoms with E-state index in [0.717, 1.165) is 25.9 Å². The Balaban J connectivity index is 2.58. The predicted molar refractivity (Wildman–Crippen MR) is 64.7 cm³/mol. The Kier molecular flexibility index (Phi) is 5.41. The molecule has 1 amide bonds. The number of hydrogen-bond acceptors (Lipinski definition) is 3. The SMILES string of the molecule is CCCC(C)CN1CCNC(=O)C1CC(=O)O. The third-order valence-electron chi connectivity index (χ3n) is 3.14. The van der Waals surface area contributed by atoms with Gasteiger partial charge in [-0.3, -0.25) is 14.5 Å². The molecule has 1 aliphatic heterocycles. The Hall–Kier alpha value is -1.10. The van der Waals surface area contributed by atoms with E-state index in [1.54, 1.807) is 0 Å². The highest BCUT2D eigenvalue weighted by atomic mass is 16.4. The summed E-state index contributed by atoms with van der Waals surface area (Å²) >= 11 is 0. The molecule has 2 unspecified atom stereocenters. The van der Waals surface area contributed by atoms with Gasteiger partial charge in [-0.1, -0.05) is 20.3 Å². The van der Waals surface area contributed by atoms with Crippen molar-refractivity contribution in [3.63, 3.8) is 0 Å². The van der Waals surface area contributed by atoms with Crippen LogP contribution in [0.5, 0.6) is 0 Å². The highest BCUT2D eigenvalue weighted by Gasteiger charge is 2.31. The zero-order chi connectivity index (χ0) is 12.8. The number of hydrogen-bond donors (Lipinski definition) is 2. The topological polar surface area (TPSA) is 69.6 Å². The van der Waals surface area contributed by atoms with Gasteiger partial charge < -0.3 is 10.4 Å². The van der Waals surface area contributed by atoms with Gasteiger partial charge in [0.15, 0.2) is 0 Å². The number of rotatable bonds is 6. The number of piperazine rings is 1. The average Bonchev–Trinajstić information content (AvgIpc) is 2.23. The van der Waals surface area contributed by atoms with Crippen LogP contribution in [-0.4, -0.2) is 47.6 Å². The fraction of sp³-hybridized carbons (Fsp3) is 0.833. The number of carbonyl (C=O) groups is 2. The molecular weight excluding hydrogens is 220 g/mol. The molecule has 0 aliphatic carbocycles. The van der Waals surface area contributed by atoms with Crippen LogP contribution in [0.4, 0.5) is 0 Å². The largest absolute Gasteiger partial charge is 0.481 e. The van der Waals surface area contributed by atoms with Crippen LogP contribution in [0.25, 0.3) is 0 Å². The maximum Gasteiger partial charge on any atom is 0.305 e. The smallest absolute Gasteiger partial charge is 0.305 e. The number of carboxylic acid groups (broad SMARTS) is 1. The van der Waals surface area contributed by atoms with E-state index in [9.17, 15) is 9.59 Å². The monoisotopic (exact) mass is 242 g/mol. The second-order valence-electron chi connectivity index (χ2n) is 4.79. The summed E-state index contributed by atoms with van der Waals surface area (Å²) in [6.07, 6.45) is 2.12. The average molecular weight is 242 g/mol. The van der Waals surface area contributed by atoms with Crippen molar-refractivity contribution >= 4 is 11.9 Å². The zero-order valence-electron chi connectivity index (χ0n) is 10.6. The number of carboxylic acids is 1. The molecular formula is C12H22N2O3. The second-order valence-corrected chi connectivity index (χ2v) is 4.79. The highest BCUT2D eigenvalue weighted by Crippen LogP contribution is 2.14. The number of carbonyl (C=O) groups excluding carboxylic acids is 1. The van der Waals surface area contributed by atoms with Crippen molar-refractivity contribution in [2.45, 2.75) is 39.2 Å². The molecule has 98 valence electrons. The fourth-order valence-electron chi connectivity index (χ4n) is 2.35. The van der Waals surface area contributed by atoms with Gasteiger partial charge in [-0.05, 0) is 12.3 Å². The Morgan fingerprint density at radius 3 is 2.94 bits per heavy atom. The van der Waals surface area contributed by atoms with Gasteiger partial charge in [0, 0.05) is 19.6 Å². The quantitative estimate of drug-likeness (QED) is 0.719. The molecule has 0 aromatic rings. The Labute approximate surface area is 102 Å². The lowest BCUT2D eigenvalue weighted by molar-refractivity contribution is -0.143. The fourth-order valence-corrected chi connectivity index (χ4v) is 2.35. The van der Waals surface area contributed by atoms with E-state index in [2.05, 4.69) is 19.2 Å². The molecule has 1 aliphatic rings. The second kappa shape index (κ2) is 6.59. The summed E-state index contributed by atoms with van der Waals surface area (Å²) in [4.78, 5) is 24.4. The van der Waals surface area contributed by atoms with Crippen molar-refractivity contribution in [2.75, 3.05) is 19.6 Å². The summed E-state index contributed by atoms with van der Waals surface area (Å²) in [7, 11) is 0. The normalized spacial score (nSPS) is 23.2. The van der Waals surface area contributed by atoms with Crippen LogP contribution in [0, 0.1) is 5.92 Å². The molecule has 5 nitrogen and oxygen atoms in total. The summed E-state index contributed by atoms with van der Waals surface area (Å²) in [5.74, 6) is -0.565. The third-order valence-corrected chi connectivity index (χ3v) is 3.14. The molecule has 0 spiro atoms. The molecule has 5 heteroatoms. The minimum absolute atomic E-state index is 0.106. The lowest BCUT2D eigenvalue weighted by Gasteiger charge is -2.35. The van der Waals surface area contributed by atoms with E-state index in [1.165, 1.54) is 0 Å². The maximum atomic E-state index is 11.7. The van der Waals surface area contributed by atoms with Gasteiger partial charge >= 0.3 is 5.97 Å². The molecule has 0 aromatic heterocycles. The van der Waals surface area contributed by atoms with E-state index in [0.29, 0.717) is 12.5 Å². The van der Waals surface area contributed by atoms with E-state index in [-0.39, 0.29) is 12.3 Å². The Morgan fingerprint density at radius 1 is 1.65 bits per heavy atom. The number of amides is 1. The van der Waals surface area contributed by atoms with Crippen LogP contribution >= 0.6 is 0 Å². The summed E-state index contributed by atoms with van der Waals surface area (Å²) in [5.41, 5.74) is 0. The minimum Gasteiger partial charge on any atom is -0.481 e. The molecule has 0 bridgehead atoms. The zero-order valence-corrected chi connectivity index (χ0v) is 10.6. The van der Waals surface area contributed by atoms with Crippen molar-refractivity contribution in [2.24, 2.45) is 5.92 Å². The van der Waals surface area contributed by atoms with Gasteiger partial charge in [-0.2, -0.15) is 0 Å². The first-order chi connectivity index (χ1) is 8.04. The third kappa shape index (κ3) is 4.34. The summed E-state index contributed by atoms with van der Waals surface area (Å²) in [6, 6.07) is -0.499. The number of nitrogens with one attached hydrogen (secondary N) is 1. The first-order valence-corrected chi connectivity index (χ1v) is 6.28. The molecule has 2 atom stereocenters. The van der Waals surface area contributed by atoms with Crippen LogP contribution in [-0.2, 0) is 9.59 Å². The summed E-state index contributed by atoms with van der Waals surface area (Å²) in [6.45, 7) is 6.45. The summed E-state index contributed by atoms with van der Waals surface area (Å²) < 4.78 is 0. The number of aliphatic carboxylic acids is 1. The Morgan fingerprint density at radius 2 is 2.35 bits per heavy atom. The lowest BCUT2D eigenvalue weighted by atomic mass is 10.0. The molecule has 0 aromatic carbocycles. The van der Waals surface area contributed by atoms with E-state index >= 15 is 0 Å². The molecule has 17 heavy (non-hydrogen) atoms. The van der Waals surface area contributed by atoms with Crippen molar-refractivity contribution in [1.29, 1.82) is 0 Å². The molecule has 1 saturated heterocycles. The molecule has 0 radical (unpaired) electrons. The first kappa shape index (κ1) is 14.0. The van der Waals surface area contributed by atoms with Crippen LogP contribution in [0.1, 0.15) is 33.1 Å². The van der Waals surface area contributed by atoms with Gasteiger partial charge in [0.05, 0.1) is 12.5 Å². The summed E-state index contributed by atoms with van der Waals surface area (Å²) in [5, 5.41) is 11.6. The standard InChI is InChI=1S/C12H22N2O3/c1-3-4-9(2)8-14-6-5-13-12(17)10(14)7-11(15)16/h9-10H,3-8H2,1-2H3,(H,13,17)(H,15,16). The maximum absolute atomic E-state index is 11.7. The van der Waals surface area contributed by atoms with Crippen LogP contribution in [0.2, 0.25) is 0 Å². The van der Waals surface area contributed by atoms with E-state index < -0.39 is 12.0 Å². The Bertz CT molecular complexity index is 281. The molecule has 1 rings (SSSR count). The van der Waals surface area contributed by atoms with E-state index in [4.69, 9.17) is 5.11 Å². The lowest BCUT2D eigenvalue weighted by Crippen LogP contribution is -2.56. The van der Waals surface area contributed by atoms with Gasteiger partial charge in [-0.15, -0.1) is 0 Å². The molecule has 2 N–H and O–H groups in total. The van der Waals surface area contributed by atoms with Gasteiger partial charge in [0.1, 0.15) is 0 Å². The minimum atomic E-state index is -0.916. The molecule has 1 fully saturated rings. The van der Waals surface area contributed by atoms with Crippen LogP contribution in [0.15, 0.2) is 0 Å². The predicted octanol–water partition coefficient (Wildman–Crippen LogP) is 0.698. The highest BCUT2D eigenvalue weighted by molar-refractivity contribution is 5.86. The van der Waals surface area contributed by atoms with Crippen LogP contribution < -0.4 is 5.32 Å². The van der Waals surface area contributed by atoms with Gasteiger partial charge in [0.25, 0.3) is 0 Å². The van der Waals surface area contributed by atoms with Gasteiger partial charge in [-0.25, -0.2) is 0 Å². The van der Waals surface area contributed by atoms with Crippen molar-refractivity contribution < 1.29 is 14.7 Å². The molecule has 1 heterocycles. The first-order valence-electron chi connectivity index (χ1n) is 6.28. The van der Waals surface area contributed by atoms with Crippen molar-refractivity contribution in [3.05, 3.63) is 0 Å². The molecule has 0 saturated carbocycles. The van der Waals surface area contributed by atoms with Gasteiger partial charge in [0.2, 0.25) is 5.91 Å². The van der Waals surface area contributed by atoms with Crippen molar-refractivity contribution in [1.82, 2.24) is 10.2 Å².